The molecule has 0 saturated carbocycles. The van der Waals surface area contributed by atoms with Crippen molar-refractivity contribution in [1.82, 2.24) is 3.56 Å². The molecule has 0 unspecified atom stereocenters. The van der Waals surface area contributed by atoms with Gasteiger partial charge in [0.25, 0.3) is 0 Å². The Labute approximate surface area is 92.9 Å². The van der Waals surface area contributed by atoms with E-state index < -0.39 is 0 Å². The van der Waals surface area contributed by atoms with Crippen LogP contribution in [-0.4, -0.2) is 18.3 Å². The van der Waals surface area contributed by atoms with Crippen LogP contribution in [0.2, 0.25) is 5.02 Å². The van der Waals surface area contributed by atoms with Crippen molar-refractivity contribution in [3.05, 3.63) is 27.9 Å². The third kappa shape index (κ3) is 1.62. The van der Waals surface area contributed by atoms with E-state index in [1.165, 1.54) is 9.65 Å². The van der Waals surface area contributed by atoms with Crippen LogP contribution in [0, 0.1) is 4.64 Å². The molecule has 4 heteroatoms. The maximum absolute atomic E-state index is 5.91. The number of aromatic nitrogens is 1. The predicted molar refractivity (Wildman–Crippen MR) is 60.4 cm³/mol. The molecule has 1 heterocycles. The molecular formula is C9H8ClNSSe. The fourth-order valence-electron chi connectivity index (χ4n) is 1.25. The Hall–Kier alpha value is -0.0805. The zero-order valence-electron chi connectivity index (χ0n) is 7.08. The molecule has 1 nitrogen and oxygen atoms in total. The minimum atomic E-state index is 0.339. The third-order valence-electron chi connectivity index (χ3n) is 1.90. The second-order valence-electron chi connectivity index (χ2n) is 2.73. The number of fused-ring (bicyclic) bond motifs is 1. The van der Waals surface area contributed by atoms with Crippen molar-refractivity contribution in [1.29, 1.82) is 0 Å². The van der Waals surface area contributed by atoms with E-state index in [0.717, 1.165) is 16.2 Å². The Bertz CT molecular complexity index is 500. The number of benzene rings is 1. The normalized spacial score (nSPS) is 10.9. The first kappa shape index (κ1) is 9.47. The molecule has 0 amide bonds. The monoisotopic (exact) mass is 277 g/mol. The Kier molecular flexibility index (Phi) is 2.61. The molecule has 0 aliphatic heterocycles. The van der Waals surface area contributed by atoms with Crippen molar-refractivity contribution in [2.75, 3.05) is 0 Å². The van der Waals surface area contributed by atoms with E-state index in [2.05, 4.69) is 10.5 Å². The van der Waals surface area contributed by atoms with Crippen LogP contribution in [-0.2, 0) is 6.54 Å². The van der Waals surface area contributed by atoms with Crippen LogP contribution in [0.1, 0.15) is 6.92 Å². The molecule has 2 rings (SSSR count). The van der Waals surface area contributed by atoms with Gasteiger partial charge in [-0.1, -0.05) is 0 Å². The molecule has 0 aliphatic rings. The molecule has 1 aromatic carbocycles. The minimum absolute atomic E-state index is 0.339. The Balaban J connectivity index is 2.84. The van der Waals surface area contributed by atoms with Crippen molar-refractivity contribution in [3.63, 3.8) is 0 Å². The Morgan fingerprint density at radius 2 is 2.31 bits per heavy atom. The number of rotatable bonds is 1. The summed E-state index contributed by atoms with van der Waals surface area (Å²) in [4.78, 5) is 0. The van der Waals surface area contributed by atoms with E-state index in [0.29, 0.717) is 14.7 Å². The first-order valence-corrected chi connectivity index (χ1v) is 6.42. The molecule has 0 aliphatic carbocycles. The first-order chi connectivity index (χ1) is 6.22. The van der Waals surface area contributed by atoms with Crippen molar-refractivity contribution >= 4 is 48.2 Å². The summed E-state index contributed by atoms with van der Waals surface area (Å²) in [7, 11) is 0. The Morgan fingerprint density at radius 1 is 1.54 bits per heavy atom. The maximum atomic E-state index is 5.91. The van der Waals surface area contributed by atoms with E-state index in [9.17, 15) is 0 Å². The molecule has 68 valence electrons. The average molecular weight is 277 g/mol. The van der Waals surface area contributed by atoms with Crippen LogP contribution >= 0.6 is 23.8 Å². The van der Waals surface area contributed by atoms with Crippen LogP contribution < -0.4 is 0 Å². The summed E-state index contributed by atoms with van der Waals surface area (Å²) in [5, 5.41) is 2.00. The molecule has 0 atom stereocenters. The molecule has 13 heavy (non-hydrogen) atoms. The van der Waals surface area contributed by atoms with Gasteiger partial charge in [0, 0.05) is 0 Å². The molecule has 0 saturated heterocycles. The number of aryl methyl sites for hydroxylation is 1. The van der Waals surface area contributed by atoms with Gasteiger partial charge in [0.2, 0.25) is 0 Å². The van der Waals surface area contributed by atoms with Crippen LogP contribution in [0.4, 0.5) is 0 Å². The van der Waals surface area contributed by atoms with Gasteiger partial charge in [-0.15, -0.1) is 0 Å². The van der Waals surface area contributed by atoms with Crippen LogP contribution in [0.3, 0.4) is 0 Å². The van der Waals surface area contributed by atoms with Gasteiger partial charge in [0.1, 0.15) is 0 Å². The van der Waals surface area contributed by atoms with Gasteiger partial charge >= 0.3 is 93.1 Å². The molecule has 0 spiro atoms. The SMILES string of the molecule is CCn1[se]c2cc(Cl)ccc2c1=S. The molecule has 1 aromatic heterocycles. The number of halogens is 1. The summed E-state index contributed by atoms with van der Waals surface area (Å²) in [5.41, 5.74) is 0. The van der Waals surface area contributed by atoms with Gasteiger partial charge in [0.05, 0.1) is 0 Å². The Morgan fingerprint density at radius 3 is 3.00 bits per heavy atom. The van der Waals surface area contributed by atoms with E-state index >= 15 is 0 Å². The fraction of sp³-hybridized carbons (Fsp3) is 0.222. The van der Waals surface area contributed by atoms with Crippen LogP contribution in [0.15, 0.2) is 18.2 Å². The molecule has 0 fully saturated rings. The van der Waals surface area contributed by atoms with E-state index in [4.69, 9.17) is 23.8 Å². The third-order valence-corrected chi connectivity index (χ3v) is 5.34. The van der Waals surface area contributed by atoms with Crippen LogP contribution in [0.5, 0.6) is 0 Å². The van der Waals surface area contributed by atoms with Gasteiger partial charge in [-0.3, -0.25) is 0 Å². The summed E-state index contributed by atoms with van der Waals surface area (Å²) in [6, 6.07) is 5.96. The standard InChI is InChI=1S/C9H8ClNSSe/c1-2-11-9(12)7-4-3-6(10)5-8(7)13-11/h3-5H,2H2,1H3. The number of hydrogen-bond acceptors (Lipinski definition) is 1. The molecular weight excluding hydrogens is 269 g/mol. The second-order valence-corrected chi connectivity index (χ2v) is 5.79. The van der Waals surface area contributed by atoms with Crippen molar-refractivity contribution < 1.29 is 0 Å². The molecule has 0 radical (unpaired) electrons. The van der Waals surface area contributed by atoms with E-state index in [-0.39, 0.29) is 0 Å². The zero-order chi connectivity index (χ0) is 9.42. The quantitative estimate of drug-likeness (QED) is 0.572. The fourth-order valence-corrected chi connectivity index (χ4v) is 4.29. The van der Waals surface area contributed by atoms with Gasteiger partial charge < -0.3 is 0 Å². The summed E-state index contributed by atoms with van der Waals surface area (Å²) in [6.07, 6.45) is 0. The average Bonchev–Trinajstić information content (AvgIpc) is 2.42. The van der Waals surface area contributed by atoms with Gasteiger partial charge in [0.15, 0.2) is 0 Å². The van der Waals surface area contributed by atoms with Crippen molar-refractivity contribution in [3.8, 4) is 0 Å². The summed E-state index contributed by atoms with van der Waals surface area (Å²) in [6.45, 7) is 3.12. The van der Waals surface area contributed by atoms with E-state index in [1.54, 1.807) is 0 Å². The van der Waals surface area contributed by atoms with Gasteiger partial charge in [-0.05, 0) is 0 Å². The summed E-state index contributed by atoms with van der Waals surface area (Å²) >= 11 is 11.6. The first-order valence-electron chi connectivity index (χ1n) is 4.01. The topological polar surface area (TPSA) is 4.93 Å². The second kappa shape index (κ2) is 3.58. The van der Waals surface area contributed by atoms with Crippen molar-refractivity contribution in [2.24, 2.45) is 0 Å². The van der Waals surface area contributed by atoms with Gasteiger partial charge in [-0.25, -0.2) is 0 Å². The van der Waals surface area contributed by atoms with E-state index in [1.807, 2.05) is 18.2 Å². The number of hydrogen-bond donors (Lipinski definition) is 0. The van der Waals surface area contributed by atoms with Gasteiger partial charge in [-0.2, -0.15) is 0 Å². The molecule has 0 N–H and O–H groups in total. The summed E-state index contributed by atoms with van der Waals surface area (Å²) in [5.74, 6) is 0. The molecule has 2 aromatic rings. The number of nitrogens with zero attached hydrogens (tertiary/aromatic N) is 1. The van der Waals surface area contributed by atoms with Crippen LogP contribution in [0.25, 0.3) is 9.65 Å². The zero-order valence-corrected chi connectivity index (χ0v) is 10.4. The molecule has 0 bridgehead atoms. The van der Waals surface area contributed by atoms with Crippen molar-refractivity contribution in [2.45, 2.75) is 13.5 Å². The summed E-state index contributed by atoms with van der Waals surface area (Å²) < 4.78 is 4.53. The predicted octanol–water partition coefficient (Wildman–Crippen LogP) is 3.10.